The van der Waals surface area contributed by atoms with Gasteiger partial charge in [-0.25, -0.2) is 4.79 Å². The molecule has 2 aliphatic heterocycles. The lowest BCUT2D eigenvalue weighted by molar-refractivity contribution is -0.153. The normalized spacial score (nSPS) is 26.7. The number of amides is 2. The maximum absolute atomic E-state index is 12.8. The van der Waals surface area contributed by atoms with Crippen LogP contribution in [0.4, 0.5) is 0 Å². The van der Waals surface area contributed by atoms with E-state index in [4.69, 9.17) is 14.2 Å². The van der Waals surface area contributed by atoms with Crippen molar-refractivity contribution in [2.45, 2.75) is 64.0 Å². The van der Waals surface area contributed by atoms with Crippen molar-refractivity contribution in [1.29, 1.82) is 0 Å². The number of hydrogen-bond donors (Lipinski definition) is 1. The summed E-state index contributed by atoms with van der Waals surface area (Å²) < 4.78 is 16.2. The van der Waals surface area contributed by atoms with E-state index in [0.29, 0.717) is 19.4 Å². The van der Waals surface area contributed by atoms with Crippen molar-refractivity contribution >= 4 is 17.8 Å². The molecule has 0 unspecified atom stereocenters. The Balaban J connectivity index is 1.16. The SMILES string of the molecule is CCOC(=O)[C@@H]1C[C@]2(C)C[C@@H]2N1C(=O)CNC(=O)CCCOc1ccc(C2(C)COC2)cc1. The standard InChI is InChI=1S/C25H34N2O6/c1-4-32-23(30)19-12-24(2)13-20(24)27(19)22(29)14-26-21(28)6-5-11-33-18-9-7-17(8-10-18)25(3)15-31-16-25/h7-10,19-20H,4-6,11-16H2,1-3H3,(H,26,28)/t19-,20-,24+/m0/s1. The van der Waals surface area contributed by atoms with Crippen LogP contribution in [0, 0.1) is 5.41 Å². The highest BCUT2D eigenvalue weighted by Gasteiger charge is 2.64. The third-order valence-corrected chi connectivity index (χ3v) is 7.13. The van der Waals surface area contributed by atoms with Gasteiger partial charge in [0.15, 0.2) is 0 Å². The third kappa shape index (κ3) is 5.00. The average Bonchev–Trinajstić information content (AvgIpc) is 3.34. The molecule has 33 heavy (non-hydrogen) atoms. The zero-order chi connectivity index (χ0) is 23.6. The maximum Gasteiger partial charge on any atom is 0.328 e. The van der Waals surface area contributed by atoms with E-state index in [1.165, 1.54) is 5.56 Å². The molecule has 3 atom stereocenters. The molecule has 3 aliphatic rings. The van der Waals surface area contributed by atoms with Gasteiger partial charge in [-0.15, -0.1) is 0 Å². The number of piperidine rings is 1. The number of nitrogens with zero attached hydrogens (tertiary/aromatic N) is 1. The second kappa shape index (κ2) is 9.33. The first kappa shape index (κ1) is 23.5. The molecule has 1 saturated carbocycles. The lowest BCUT2D eigenvalue weighted by Gasteiger charge is -2.38. The van der Waals surface area contributed by atoms with Gasteiger partial charge >= 0.3 is 5.97 Å². The van der Waals surface area contributed by atoms with Gasteiger partial charge in [0.2, 0.25) is 11.8 Å². The van der Waals surface area contributed by atoms with Gasteiger partial charge < -0.3 is 24.4 Å². The van der Waals surface area contributed by atoms with Crippen LogP contribution in [0.3, 0.4) is 0 Å². The summed E-state index contributed by atoms with van der Waals surface area (Å²) in [5.74, 6) is -0.0178. The number of nitrogens with one attached hydrogen (secondary N) is 1. The Kier molecular flexibility index (Phi) is 6.66. The van der Waals surface area contributed by atoms with Crippen LogP contribution < -0.4 is 10.1 Å². The average molecular weight is 459 g/mol. The number of hydrogen-bond acceptors (Lipinski definition) is 6. The van der Waals surface area contributed by atoms with E-state index in [2.05, 4.69) is 31.3 Å². The van der Waals surface area contributed by atoms with Crippen LogP contribution >= 0.6 is 0 Å². The molecule has 2 heterocycles. The Morgan fingerprint density at radius 2 is 1.88 bits per heavy atom. The summed E-state index contributed by atoms with van der Waals surface area (Å²) in [6, 6.07) is 7.53. The minimum absolute atomic E-state index is 0.00396. The first-order chi connectivity index (χ1) is 15.8. The summed E-state index contributed by atoms with van der Waals surface area (Å²) in [4.78, 5) is 38.8. The fraction of sp³-hybridized carbons (Fsp3) is 0.640. The summed E-state index contributed by atoms with van der Waals surface area (Å²) in [6.45, 7) is 8.11. The van der Waals surface area contributed by atoms with Gasteiger partial charge in [-0.1, -0.05) is 26.0 Å². The summed E-state index contributed by atoms with van der Waals surface area (Å²) >= 11 is 0. The Morgan fingerprint density at radius 1 is 1.15 bits per heavy atom. The van der Waals surface area contributed by atoms with E-state index in [-0.39, 0.29) is 54.2 Å². The van der Waals surface area contributed by atoms with E-state index in [1.807, 2.05) is 12.1 Å². The molecule has 1 aromatic carbocycles. The zero-order valence-corrected chi connectivity index (χ0v) is 19.7. The molecule has 1 N–H and O–H groups in total. The molecule has 0 aromatic heterocycles. The smallest absolute Gasteiger partial charge is 0.328 e. The van der Waals surface area contributed by atoms with Gasteiger partial charge in [-0.3, -0.25) is 9.59 Å². The molecule has 1 aliphatic carbocycles. The molecule has 2 amide bonds. The van der Waals surface area contributed by atoms with Crippen LogP contribution in [0.1, 0.15) is 52.0 Å². The van der Waals surface area contributed by atoms with Gasteiger partial charge in [0.05, 0.1) is 33.0 Å². The summed E-state index contributed by atoms with van der Waals surface area (Å²) in [5.41, 5.74) is 1.33. The summed E-state index contributed by atoms with van der Waals surface area (Å²) in [7, 11) is 0. The molecule has 3 fully saturated rings. The largest absolute Gasteiger partial charge is 0.494 e. The van der Waals surface area contributed by atoms with Gasteiger partial charge in [-0.2, -0.15) is 0 Å². The summed E-state index contributed by atoms with van der Waals surface area (Å²) in [5, 5.41) is 2.69. The predicted molar refractivity (Wildman–Crippen MR) is 121 cm³/mol. The van der Waals surface area contributed by atoms with E-state index in [9.17, 15) is 14.4 Å². The minimum Gasteiger partial charge on any atom is -0.494 e. The van der Waals surface area contributed by atoms with Crippen molar-refractivity contribution in [2.24, 2.45) is 5.41 Å². The number of likely N-dealkylation sites (tertiary alicyclic amines) is 1. The Hall–Kier alpha value is -2.61. The van der Waals surface area contributed by atoms with Crippen molar-refractivity contribution in [3.63, 3.8) is 0 Å². The molecule has 8 heteroatoms. The molecular weight excluding hydrogens is 424 g/mol. The lowest BCUT2D eigenvalue weighted by atomic mass is 9.81. The fourth-order valence-corrected chi connectivity index (χ4v) is 4.88. The van der Waals surface area contributed by atoms with Crippen LogP contribution in [-0.4, -0.2) is 67.7 Å². The second-order valence-corrected chi connectivity index (χ2v) is 9.95. The van der Waals surface area contributed by atoms with E-state index in [0.717, 1.165) is 25.4 Å². The first-order valence-corrected chi connectivity index (χ1v) is 11.8. The molecule has 0 spiro atoms. The van der Waals surface area contributed by atoms with Crippen LogP contribution in [0.5, 0.6) is 5.75 Å². The molecular formula is C25H34N2O6. The third-order valence-electron chi connectivity index (χ3n) is 7.13. The minimum atomic E-state index is -0.544. The van der Waals surface area contributed by atoms with Gasteiger partial charge in [0.1, 0.15) is 11.8 Å². The number of carbonyl (C=O) groups excluding carboxylic acids is 3. The van der Waals surface area contributed by atoms with Crippen molar-refractivity contribution in [2.75, 3.05) is 33.0 Å². The number of rotatable bonds is 10. The van der Waals surface area contributed by atoms with E-state index >= 15 is 0 Å². The molecule has 0 bridgehead atoms. The fourth-order valence-electron chi connectivity index (χ4n) is 4.88. The molecule has 4 rings (SSSR count). The second-order valence-electron chi connectivity index (χ2n) is 9.95. The zero-order valence-electron chi connectivity index (χ0n) is 19.7. The van der Waals surface area contributed by atoms with Crippen LogP contribution in [0.2, 0.25) is 0 Å². The molecule has 2 saturated heterocycles. The maximum atomic E-state index is 12.8. The Bertz CT molecular complexity index is 897. The van der Waals surface area contributed by atoms with Crippen molar-refractivity contribution < 1.29 is 28.6 Å². The topological polar surface area (TPSA) is 94.2 Å². The van der Waals surface area contributed by atoms with E-state index in [1.54, 1.807) is 11.8 Å². The highest BCUT2D eigenvalue weighted by Crippen LogP contribution is 2.59. The van der Waals surface area contributed by atoms with Crippen molar-refractivity contribution in [3.8, 4) is 5.75 Å². The highest BCUT2D eigenvalue weighted by molar-refractivity contribution is 5.90. The number of carbonyl (C=O) groups is 3. The van der Waals surface area contributed by atoms with Gasteiger partial charge in [-0.05, 0) is 49.3 Å². The van der Waals surface area contributed by atoms with Gasteiger partial charge in [0, 0.05) is 17.9 Å². The number of esters is 1. The number of fused-ring (bicyclic) bond motifs is 1. The van der Waals surface area contributed by atoms with Crippen LogP contribution in [-0.2, 0) is 29.3 Å². The highest BCUT2D eigenvalue weighted by atomic mass is 16.5. The molecule has 180 valence electrons. The Labute approximate surface area is 194 Å². The molecule has 8 nitrogen and oxygen atoms in total. The number of benzene rings is 1. The number of ether oxygens (including phenoxy) is 3. The molecule has 0 radical (unpaired) electrons. The quantitative estimate of drug-likeness (QED) is 0.427. The lowest BCUT2D eigenvalue weighted by Crippen LogP contribution is -2.48. The van der Waals surface area contributed by atoms with Gasteiger partial charge in [0.25, 0.3) is 0 Å². The van der Waals surface area contributed by atoms with Crippen molar-refractivity contribution in [1.82, 2.24) is 10.2 Å². The van der Waals surface area contributed by atoms with E-state index < -0.39 is 6.04 Å². The Morgan fingerprint density at radius 3 is 2.52 bits per heavy atom. The first-order valence-electron chi connectivity index (χ1n) is 11.8. The van der Waals surface area contributed by atoms with Crippen molar-refractivity contribution in [3.05, 3.63) is 29.8 Å². The van der Waals surface area contributed by atoms with Crippen LogP contribution in [0.15, 0.2) is 24.3 Å². The summed E-state index contributed by atoms with van der Waals surface area (Å²) in [6.07, 6.45) is 2.34. The van der Waals surface area contributed by atoms with Crippen LogP contribution in [0.25, 0.3) is 0 Å². The molecule has 1 aromatic rings. The monoisotopic (exact) mass is 458 g/mol. The predicted octanol–water partition coefficient (Wildman–Crippen LogP) is 2.19.